The molecule has 0 spiro atoms. The standard InChI is InChI=1S/C22H20ClNO6/c1-22(2,21(28)29-13-16(11-12-24)20(26)27)30-18-9-5-15(6-10-18)19(25)14-3-7-17(23)8-4-14/h3-12,24H,13H2,1-2H3,(H,26,27)/b16-11-,24-12?. The fraction of sp³-hybridized carbons (Fsp3) is 0.182. The molecule has 0 atom stereocenters. The average Bonchev–Trinajstić information content (AvgIpc) is 2.71. The Kier molecular flexibility index (Phi) is 7.49. The summed E-state index contributed by atoms with van der Waals surface area (Å²) in [6.45, 7) is 2.45. The van der Waals surface area contributed by atoms with Gasteiger partial charge in [0.05, 0.1) is 5.57 Å². The van der Waals surface area contributed by atoms with Gasteiger partial charge in [-0.25, -0.2) is 9.59 Å². The molecule has 0 fully saturated rings. The first-order valence-corrected chi connectivity index (χ1v) is 9.21. The highest BCUT2D eigenvalue weighted by Gasteiger charge is 2.32. The molecular weight excluding hydrogens is 410 g/mol. The van der Waals surface area contributed by atoms with Gasteiger partial charge in [0.1, 0.15) is 12.4 Å². The molecule has 156 valence electrons. The number of allylic oxidation sites excluding steroid dienone is 1. The minimum Gasteiger partial charge on any atom is -0.478 e. The molecule has 0 heterocycles. The van der Waals surface area contributed by atoms with Gasteiger partial charge in [-0.2, -0.15) is 0 Å². The van der Waals surface area contributed by atoms with Crippen LogP contribution in [0.15, 0.2) is 60.2 Å². The quantitative estimate of drug-likeness (QED) is 0.270. The van der Waals surface area contributed by atoms with E-state index < -0.39 is 24.1 Å². The lowest BCUT2D eigenvalue weighted by atomic mass is 10.0. The number of nitrogens with one attached hydrogen (secondary N) is 1. The van der Waals surface area contributed by atoms with Crippen LogP contribution in [0.2, 0.25) is 5.02 Å². The summed E-state index contributed by atoms with van der Waals surface area (Å²) in [6.07, 6.45) is 1.83. The van der Waals surface area contributed by atoms with Crippen LogP contribution in [0.3, 0.4) is 0 Å². The van der Waals surface area contributed by atoms with Crippen LogP contribution < -0.4 is 4.74 Å². The summed E-state index contributed by atoms with van der Waals surface area (Å²) in [5.41, 5.74) is -0.716. The molecule has 8 heteroatoms. The van der Waals surface area contributed by atoms with Crippen LogP contribution in [-0.2, 0) is 14.3 Å². The SMILES string of the molecule is CC(C)(Oc1ccc(C(=O)c2ccc(Cl)cc2)cc1)C(=O)OC/C(=C/C=N)C(=O)O. The molecule has 2 N–H and O–H groups in total. The van der Waals surface area contributed by atoms with E-state index in [4.69, 9.17) is 31.6 Å². The lowest BCUT2D eigenvalue weighted by molar-refractivity contribution is -0.158. The Morgan fingerprint density at radius 3 is 2.07 bits per heavy atom. The van der Waals surface area contributed by atoms with Crippen molar-refractivity contribution in [2.24, 2.45) is 0 Å². The van der Waals surface area contributed by atoms with Crippen LogP contribution in [0, 0.1) is 5.41 Å². The summed E-state index contributed by atoms with van der Waals surface area (Å²) in [7, 11) is 0. The van der Waals surface area contributed by atoms with Crippen LogP contribution in [0.1, 0.15) is 29.8 Å². The van der Waals surface area contributed by atoms with Gasteiger partial charge in [-0.1, -0.05) is 11.6 Å². The van der Waals surface area contributed by atoms with Crippen molar-refractivity contribution in [2.75, 3.05) is 6.61 Å². The highest BCUT2D eigenvalue weighted by atomic mass is 35.5. The van der Waals surface area contributed by atoms with E-state index in [1.54, 1.807) is 48.5 Å². The molecule has 2 aromatic rings. The van der Waals surface area contributed by atoms with Crippen molar-refractivity contribution in [2.45, 2.75) is 19.4 Å². The number of carboxylic acids is 1. The molecule has 2 aromatic carbocycles. The molecule has 0 saturated carbocycles. The molecule has 0 amide bonds. The van der Waals surface area contributed by atoms with Crippen molar-refractivity contribution in [3.05, 3.63) is 76.3 Å². The molecule has 0 radical (unpaired) electrons. The van der Waals surface area contributed by atoms with Crippen molar-refractivity contribution in [3.63, 3.8) is 0 Å². The number of carboxylic acid groups (broad SMARTS) is 1. The van der Waals surface area contributed by atoms with Gasteiger partial charge in [-0.15, -0.1) is 0 Å². The first kappa shape index (κ1) is 22.8. The van der Waals surface area contributed by atoms with E-state index in [1.807, 2.05) is 0 Å². The van der Waals surface area contributed by atoms with E-state index in [2.05, 4.69) is 0 Å². The molecule has 0 unspecified atom stereocenters. The fourth-order valence-electron chi connectivity index (χ4n) is 2.38. The van der Waals surface area contributed by atoms with Crippen LogP contribution >= 0.6 is 11.6 Å². The number of carbonyl (C=O) groups is 3. The minimum absolute atomic E-state index is 0.184. The van der Waals surface area contributed by atoms with Crippen molar-refractivity contribution in [3.8, 4) is 5.75 Å². The Morgan fingerprint density at radius 2 is 1.57 bits per heavy atom. The van der Waals surface area contributed by atoms with Gasteiger partial charge >= 0.3 is 11.9 Å². The van der Waals surface area contributed by atoms with Gasteiger partial charge in [0.25, 0.3) is 0 Å². The van der Waals surface area contributed by atoms with Crippen LogP contribution in [0.25, 0.3) is 0 Å². The van der Waals surface area contributed by atoms with Crippen LogP contribution in [0.5, 0.6) is 5.75 Å². The number of benzene rings is 2. The molecule has 0 aliphatic heterocycles. The van der Waals surface area contributed by atoms with E-state index >= 15 is 0 Å². The van der Waals surface area contributed by atoms with Gasteiger partial charge in [-0.05, 0) is 68.5 Å². The van der Waals surface area contributed by atoms with Crippen LogP contribution in [0.4, 0.5) is 0 Å². The van der Waals surface area contributed by atoms with Gasteiger partial charge in [0.2, 0.25) is 0 Å². The van der Waals surface area contributed by atoms with Crippen molar-refractivity contribution < 1.29 is 29.0 Å². The van der Waals surface area contributed by atoms with E-state index in [-0.39, 0.29) is 11.4 Å². The second kappa shape index (κ2) is 9.84. The predicted octanol–water partition coefficient (Wildman–Crippen LogP) is 3.93. The number of hydrogen-bond acceptors (Lipinski definition) is 6. The van der Waals surface area contributed by atoms with Crippen molar-refractivity contribution >= 4 is 35.5 Å². The molecule has 0 aliphatic carbocycles. The summed E-state index contributed by atoms with van der Waals surface area (Å²) in [5.74, 6) is -1.92. The lowest BCUT2D eigenvalue weighted by Crippen LogP contribution is -2.40. The van der Waals surface area contributed by atoms with E-state index in [1.165, 1.54) is 13.8 Å². The number of esters is 1. The number of ketones is 1. The lowest BCUT2D eigenvalue weighted by Gasteiger charge is -2.24. The summed E-state index contributed by atoms with van der Waals surface area (Å²) in [4.78, 5) is 35.8. The van der Waals surface area contributed by atoms with E-state index in [9.17, 15) is 14.4 Å². The first-order chi connectivity index (χ1) is 14.1. The smallest absolute Gasteiger partial charge is 0.350 e. The number of carbonyl (C=O) groups excluding carboxylic acids is 2. The predicted molar refractivity (Wildman–Crippen MR) is 111 cm³/mol. The van der Waals surface area contributed by atoms with E-state index in [0.717, 1.165) is 12.3 Å². The maximum atomic E-state index is 12.5. The molecule has 7 nitrogen and oxygen atoms in total. The molecular formula is C22H20ClNO6. The molecule has 30 heavy (non-hydrogen) atoms. The zero-order chi connectivity index (χ0) is 22.3. The minimum atomic E-state index is -1.41. The second-order valence-electron chi connectivity index (χ2n) is 6.71. The first-order valence-electron chi connectivity index (χ1n) is 8.83. The number of rotatable bonds is 9. The summed E-state index contributed by atoms with van der Waals surface area (Å²) in [5, 5.41) is 16.5. The molecule has 2 rings (SSSR count). The zero-order valence-electron chi connectivity index (χ0n) is 16.3. The Hall–Kier alpha value is -3.45. The van der Waals surface area contributed by atoms with Crippen molar-refractivity contribution in [1.29, 1.82) is 5.41 Å². The van der Waals surface area contributed by atoms with Gasteiger partial charge < -0.3 is 20.0 Å². The maximum absolute atomic E-state index is 12.5. The Bertz CT molecular complexity index is 978. The largest absolute Gasteiger partial charge is 0.478 e. The topological polar surface area (TPSA) is 114 Å². The third-order valence-corrected chi connectivity index (χ3v) is 4.26. The molecule has 0 bridgehead atoms. The summed E-state index contributed by atoms with van der Waals surface area (Å²) in [6, 6.07) is 12.8. The maximum Gasteiger partial charge on any atom is 0.350 e. The van der Waals surface area contributed by atoms with Crippen molar-refractivity contribution in [1.82, 2.24) is 0 Å². The molecule has 0 aromatic heterocycles. The normalized spacial score (nSPS) is 11.5. The molecule has 0 saturated heterocycles. The number of halogens is 1. The van der Waals surface area contributed by atoms with Gasteiger partial charge in [0.15, 0.2) is 11.4 Å². The fourth-order valence-corrected chi connectivity index (χ4v) is 2.50. The highest BCUT2D eigenvalue weighted by molar-refractivity contribution is 6.30. The number of hydrogen-bond donors (Lipinski definition) is 2. The Morgan fingerprint density at radius 1 is 1.03 bits per heavy atom. The van der Waals surface area contributed by atoms with Gasteiger partial charge in [-0.3, -0.25) is 4.79 Å². The van der Waals surface area contributed by atoms with Gasteiger partial charge in [0, 0.05) is 22.4 Å². The third kappa shape index (κ3) is 6.02. The summed E-state index contributed by atoms with van der Waals surface area (Å²) >= 11 is 5.83. The highest BCUT2D eigenvalue weighted by Crippen LogP contribution is 2.22. The second-order valence-corrected chi connectivity index (χ2v) is 7.15. The summed E-state index contributed by atoms with van der Waals surface area (Å²) < 4.78 is 10.7. The molecule has 0 aliphatic rings. The zero-order valence-corrected chi connectivity index (χ0v) is 17.1. The number of aliphatic carboxylic acids is 1. The third-order valence-electron chi connectivity index (χ3n) is 4.01. The number of ether oxygens (including phenoxy) is 2. The Balaban J connectivity index is 2.04. The monoisotopic (exact) mass is 429 g/mol. The average molecular weight is 430 g/mol. The van der Waals surface area contributed by atoms with E-state index in [0.29, 0.717) is 21.9 Å². The van der Waals surface area contributed by atoms with Crippen LogP contribution in [-0.4, -0.2) is 41.3 Å². The Labute approximate surface area is 178 Å².